The molecule has 0 aliphatic carbocycles. The van der Waals surface area contributed by atoms with Crippen molar-refractivity contribution in [1.29, 1.82) is 0 Å². The quantitative estimate of drug-likeness (QED) is 0.774. The van der Waals surface area contributed by atoms with Crippen LogP contribution in [0.25, 0.3) is 0 Å². The average molecular weight is 404 g/mol. The van der Waals surface area contributed by atoms with Crippen LogP contribution in [-0.4, -0.2) is 45.6 Å². The van der Waals surface area contributed by atoms with Crippen molar-refractivity contribution in [2.75, 3.05) is 25.5 Å². The van der Waals surface area contributed by atoms with E-state index >= 15 is 0 Å². The molecule has 1 saturated heterocycles. The first-order valence-electron chi connectivity index (χ1n) is 9.24. The number of para-hydroxylation sites is 1. The number of nitrogens with one attached hydrogen (secondary N) is 2. The fraction of sp³-hybridized carbons (Fsp3) is 0.350. The molecule has 0 radical (unpaired) electrons. The van der Waals surface area contributed by atoms with Crippen LogP contribution in [0.15, 0.2) is 59.5 Å². The van der Waals surface area contributed by atoms with Crippen molar-refractivity contribution in [3.05, 3.63) is 60.2 Å². The second-order valence-electron chi connectivity index (χ2n) is 6.65. The number of likely N-dealkylation sites (tertiary alicyclic amines) is 1. The third kappa shape index (κ3) is 5.02. The number of benzene rings is 2. The lowest BCUT2D eigenvalue weighted by molar-refractivity contribution is 0.0881. The third-order valence-corrected chi connectivity index (χ3v) is 6.24. The Labute approximate surface area is 165 Å². The predicted molar refractivity (Wildman–Crippen MR) is 108 cm³/mol. The van der Waals surface area contributed by atoms with E-state index in [4.69, 9.17) is 4.74 Å². The molecule has 1 aliphatic rings. The molecule has 3 rings (SSSR count). The van der Waals surface area contributed by atoms with Crippen LogP contribution < -0.4 is 10.0 Å². The first-order chi connectivity index (χ1) is 13.5. The van der Waals surface area contributed by atoms with Gasteiger partial charge in [0.05, 0.1) is 5.69 Å². The molecule has 1 heterocycles. The van der Waals surface area contributed by atoms with Crippen LogP contribution in [0, 0.1) is 0 Å². The number of carbonyl (C=O) groups excluding carboxylic acids is 1. The van der Waals surface area contributed by atoms with Gasteiger partial charge in [0.15, 0.2) is 0 Å². The molecule has 2 N–H and O–H groups in total. The molecule has 150 valence electrons. The standard InChI is InChI=1S/C20H25N3O4S/c1-21-28(25,26)19-10-6-5-9-18(19)22-17-11-13-23(14-12-17)20(24)27-15-16-7-3-2-4-8-16/h2-10,17,21-22H,11-15H2,1H3. The number of hydrogen-bond donors (Lipinski definition) is 2. The van der Waals surface area contributed by atoms with Crippen LogP contribution in [0.2, 0.25) is 0 Å². The van der Waals surface area contributed by atoms with Gasteiger partial charge in [0, 0.05) is 19.1 Å². The molecule has 2 aromatic carbocycles. The number of piperidine rings is 1. The fourth-order valence-electron chi connectivity index (χ4n) is 3.17. The largest absolute Gasteiger partial charge is 0.445 e. The summed E-state index contributed by atoms with van der Waals surface area (Å²) in [5, 5.41) is 3.31. The van der Waals surface area contributed by atoms with Crippen molar-refractivity contribution in [2.24, 2.45) is 0 Å². The predicted octanol–water partition coefficient (Wildman–Crippen LogP) is 2.81. The summed E-state index contributed by atoms with van der Waals surface area (Å²) in [5.74, 6) is 0. The molecule has 0 unspecified atom stereocenters. The molecule has 8 heteroatoms. The second-order valence-corrected chi connectivity index (χ2v) is 8.50. The minimum Gasteiger partial charge on any atom is -0.445 e. The van der Waals surface area contributed by atoms with Gasteiger partial charge < -0.3 is 15.0 Å². The second kappa shape index (κ2) is 9.07. The van der Waals surface area contributed by atoms with E-state index in [0.717, 1.165) is 5.56 Å². The number of hydrogen-bond acceptors (Lipinski definition) is 5. The first kappa shape index (κ1) is 20.2. The van der Waals surface area contributed by atoms with Gasteiger partial charge in [-0.15, -0.1) is 0 Å². The Kier molecular flexibility index (Phi) is 6.53. The molecule has 7 nitrogen and oxygen atoms in total. The van der Waals surface area contributed by atoms with Crippen molar-refractivity contribution in [1.82, 2.24) is 9.62 Å². The molecular weight excluding hydrogens is 378 g/mol. The summed E-state index contributed by atoms with van der Waals surface area (Å²) in [6, 6.07) is 16.5. The molecule has 1 aliphatic heterocycles. The smallest absolute Gasteiger partial charge is 0.410 e. The Balaban J connectivity index is 1.53. The molecular formula is C20H25N3O4S. The fourth-order valence-corrected chi connectivity index (χ4v) is 4.06. The molecule has 1 fully saturated rings. The van der Waals surface area contributed by atoms with E-state index in [1.807, 2.05) is 30.3 Å². The Morgan fingerprint density at radius 2 is 1.71 bits per heavy atom. The van der Waals surface area contributed by atoms with Crippen molar-refractivity contribution < 1.29 is 17.9 Å². The number of ether oxygens (including phenoxy) is 1. The normalized spacial score (nSPS) is 15.2. The summed E-state index contributed by atoms with van der Waals surface area (Å²) >= 11 is 0. The van der Waals surface area contributed by atoms with Gasteiger partial charge in [-0.05, 0) is 37.6 Å². The summed E-state index contributed by atoms with van der Waals surface area (Å²) in [7, 11) is -2.14. The Bertz CT molecular complexity index is 895. The van der Waals surface area contributed by atoms with E-state index < -0.39 is 10.0 Å². The lowest BCUT2D eigenvalue weighted by Gasteiger charge is -2.32. The van der Waals surface area contributed by atoms with E-state index in [0.29, 0.717) is 31.6 Å². The number of anilines is 1. The van der Waals surface area contributed by atoms with Crippen LogP contribution in [0.4, 0.5) is 10.5 Å². The highest BCUT2D eigenvalue weighted by Crippen LogP contribution is 2.24. The van der Waals surface area contributed by atoms with Gasteiger partial charge in [-0.25, -0.2) is 17.9 Å². The average Bonchev–Trinajstić information content (AvgIpc) is 2.73. The van der Waals surface area contributed by atoms with Gasteiger partial charge in [-0.2, -0.15) is 0 Å². The zero-order valence-electron chi connectivity index (χ0n) is 15.8. The lowest BCUT2D eigenvalue weighted by Crippen LogP contribution is -2.42. The molecule has 0 spiro atoms. The van der Waals surface area contributed by atoms with E-state index in [1.165, 1.54) is 7.05 Å². The maximum atomic E-state index is 12.3. The van der Waals surface area contributed by atoms with Crippen LogP contribution in [-0.2, 0) is 21.4 Å². The molecule has 0 atom stereocenters. The topological polar surface area (TPSA) is 87.7 Å². The van der Waals surface area contributed by atoms with Crippen LogP contribution >= 0.6 is 0 Å². The summed E-state index contributed by atoms with van der Waals surface area (Å²) in [6.07, 6.45) is 1.11. The highest BCUT2D eigenvalue weighted by Gasteiger charge is 2.25. The van der Waals surface area contributed by atoms with Crippen LogP contribution in [0.5, 0.6) is 0 Å². The van der Waals surface area contributed by atoms with Gasteiger partial charge >= 0.3 is 6.09 Å². The molecule has 0 aromatic heterocycles. The van der Waals surface area contributed by atoms with Gasteiger partial charge in [0.2, 0.25) is 10.0 Å². The van der Waals surface area contributed by atoms with Gasteiger partial charge in [0.25, 0.3) is 0 Å². The third-order valence-electron chi connectivity index (χ3n) is 4.76. The molecule has 28 heavy (non-hydrogen) atoms. The van der Waals surface area contributed by atoms with Crippen molar-refractivity contribution in [3.8, 4) is 0 Å². The molecule has 2 aromatic rings. The van der Waals surface area contributed by atoms with Crippen molar-refractivity contribution >= 4 is 21.8 Å². The molecule has 0 bridgehead atoms. The molecule has 1 amide bonds. The summed E-state index contributed by atoms with van der Waals surface area (Å²) < 4.78 is 32.1. The highest BCUT2D eigenvalue weighted by atomic mass is 32.2. The highest BCUT2D eigenvalue weighted by molar-refractivity contribution is 7.89. The van der Waals surface area contributed by atoms with Gasteiger partial charge in [-0.3, -0.25) is 0 Å². The van der Waals surface area contributed by atoms with E-state index in [1.54, 1.807) is 29.2 Å². The minimum absolute atomic E-state index is 0.0892. The van der Waals surface area contributed by atoms with Gasteiger partial charge in [-0.1, -0.05) is 42.5 Å². The lowest BCUT2D eigenvalue weighted by atomic mass is 10.1. The maximum Gasteiger partial charge on any atom is 0.410 e. The van der Waals surface area contributed by atoms with Crippen molar-refractivity contribution in [3.63, 3.8) is 0 Å². The zero-order valence-corrected chi connectivity index (χ0v) is 16.6. The Morgan fingerprint density at radius 3 is 2.39 bits per heavy atom. The van der Waals surface area contributed by atoms with Crippen LogP contribution in [0.1, 0.15) is 18.4 Å². The minimum atomic E-state index is -3.53. The van der Waals surface area contributed by atoms with Gasteiger partial charge in [0.1, 0.15) is 11.5 Å². The van der Waals surface area contributed by atoms with E-state index in [9.17, 15) is 13.2 Å². The number of carbonyl (C=O) groups is 1. The SMILES string of the molecule is CNS(=O)(=O)c1ccccc1NC1CCN(C(=O)OCc2ccccc2)CC1. The maximum absolute atomic E-state index is 12.3. The Morgan fingerprint density at radius 1 is 1.07 bits per heavy atom. The number of amides is 1. The first-order valence-corrected chi connectivity index (χ1v) is 10.7. The number of sulfonamides is 1. The van der Waals surface area contributed by atoms with E-state index in [2.05, 4.69) is 10.0 Å². The Hall–Kier alpha value is -2.58. The molecule has 0 saturated carbocycles. The number of nitrogens with zero attached hydrogens (tertiary/aromatic N) is 1. The number of rotatable bonds is 6. The van der Waals surface area contributed by atoms with Crippen molar-refractivity contribution in [2.45, 2.75) is 30.4 Å². The zero-order chi connectivity index (χ0) is 20.0. The van der Waals surface area contributed by atoms with Crippen LogP contribution in [0.3, 0.4) is 0 Å². The summed E-state index contributed by atoms with van der Waals surface area (Å²) in [6.45, 7) is 1.38. The monoisotopic (exact) mass is 403 g/mol. The summed E-state index contributed by atoms with van der Waals surface area (Å²) in [5.41, 5.74) is 1.52. The van der Waals surface area contributed by atoms with E-state index in [-0.39, 0.29) is 23.6 Å². The summed E-state index contributed by atoms with van der Waals surface area (Å²) in [4.78, 5) is 14.2.